The summed E-state index contributed by atoms with van der Waals surface area (Å²) in [5, 5.41) is 3.54. The number of H-pyrrole nitrogens is 1. The molecule has 0 spiro atoms. The summed E-state index contributed by atoms with van der Waals surface area (Å²) in [7, 11) is 3.99. The largest absolute Gasteiger partial charge is 0.348 e. The first-order valence-corrected chi connectivity index (χ1v) is 13.6. The number of carbonyl (C=O) groups excluding carboxylic acids is 1. The third-order valence-corrected chi connectivity index (χ3v) is 9.22. The normalized spacial score (nSPS) is 27.6. The molecule has 0 saturated heterocycles. The molecule has 4 fully saturated rings. The van der Waals surface area contributed by atoms with Crippen molar-refractivity contribution in [1.29, 1.82) is 0 Å². The lowest BCUT2D eigenvalue weighted by Gasteiger charge is -2.59. The lowest BCUT2D eigenvalue weighted by Crippen LogP contribution is -2.57. The van der Waals surface area contributed by atoms with E-state index in [2.05, 4.69) is 45.5 Å². The van der Waals surface area contributed by atoms with Crippen molar-refractivity contribution >= 4 is 16.9 Å². The van der Waals surface area contributed by atoms with Crippen LogP contribution in [0.5, 0.6) is 0 Å². The number of imidazole rings is 1. The van der Waals surface area contributed by atoms with Crippen LogP contribution in [0.15, 0.2) is 53.3 Å². The molecule has 190 valence electrons. The van der Waals surface area contributed by atoms with Gasteiger partial charge < -0.3 is 15.2 Å². The summed E-state index contributed by atoms with van der Waals surface area (Å²) >= 11 is 0. The van der Waals surface area contributed by atoms with E-state index in [9.17, 15) is 9.59 Å². The molecule has 0 radical (unpaired) electrons. The minimum Gasteiger partial charge on any atom is -0.348 e. The highest BCUT2D eigenvalue weighted by Gasteiger charge is 2.54. The number of aromatic nitrogens is 2. The summed E-state index contributed by atoms with van der Waals surface area (Å²) in [6.45, 7) is 1.34. The molecule has 1 atom stereocenters. The second-order valence-electron chi connectivity index (χ2n) is 12.1. The average molecular weight is 487 g/mol. The van der Waals surface area contributed by atoms with Crippen molar-refractivity contribution in [2.24, 2.45) is 23.2 Å². The molecule has 4 bridgehead atoms. The smallest absolute Gasteiger partial charge is 0.326 e. The monoisotopic (exact) mass is 486 g/mol. The van der Waals surface area contributed by atoms with Crippen LogP contribution in [0.1, 0.15) is 54.4 Å². The fourth-order valence-corrected chi connectivity index (χ4v) is 7.93. The molecule has 1 unspecified atom stereocenters. The quantitative estimate of drug-likeness (QED) is 0.494. The number of hydrogen-bond donors (Lipinski definition) is 2. The minimum atomic E-state index is -0.125. The van der Waals surface area contributed by atoms with Gasteiger partial charge in [0.05, 0.1) is 11.0 Å². The van der Waals surface area contributed by atoms with Gasteiger partial charge in [-0.15, -0.1) is 0 Å². The fraction of sp³-hybridized carbons (Fsp3) is 0.533. The molecule has 6 nitrogen and oxygen atoms in total. The number of hydrogen-bond acceptors (Lipinski definition) is 3. The second kappa shape index (κ2) is 9.22. The van der Waals surface area contributed by atoms with E-state index < -0.39 is 0 Å². The fourth-order valence-electron chi connectivity index (χ4n) is 7.93. The van der Waals surface area contributed by atoms with Gasteiger partial charge in [-0.1, -0.05) is 30.3 Å². The molecule has 4 aliphatic carbocycles. The van der Waals surface area contributed by atoms with Gasteiger partial charge in [-0.3, -0.25) is 9.36 Å². The summed E-state index contributed by atoms with van der Waals surface area (Å²) < 4.78 is 1.74. The van der Waals surface area contributed by atoms with Crippen molar-refractivity contribution in [3.8, 4) is 0 Å². The predicted molar refractivity (Wildman–Crippen MR) is 143 cm³/mol. The van der Waals surface area contributed by atoms with Gasteiger partial charge in [-0.05, 0) is 106 Å². The molecule has 36 heavy (non-hydrogen) atoms. The molecule has 1 amide bonds. The van der Waals surface area contributed by atoms with Gasteiger partial charge in [0.15, 0.2) is 0 Å². The lowest BCUT2D eigenvalue weighted by atomic mass is 9.47. The zero-order chi connectivity index (χ0) is 24.9. The first-order valence-electron chi connectivity index (χ1n) is 13.6. The molecule has 7 rings (SSSR count). The van der Waals surface area contributed by atoms with Crippen LogP contribution >= 0.6 is 0 Å². The third kappa shape index (κ3) is 4.40. The van der Waals surface area contributed by atoms with Crippen LogP contribution < -0.4 is 11.0 Å². The van der Waals surface area contributed by atoms with Crippen LogP contribution in [0.25, 0.3) is 11.0 Å². The highest BCUT2D eigenvalue weighted by atomic mass is 16.2. The van der Waals surface area contributed by atoms with Gasteiger partial charge in [-0.2, -0.15) is 0 Å². The van der Waals surface area contributed by atoms with E-state index >= 15 is 0 Å². The first kappa shape index (κ1) is 23.5. The van der Waals surface area contributed by atoms with Crippen molar-refractivity contribution in [1.82, 2.24) is 19.8 Å². The van der Waals surface area contributed by atoms with Crippen LogP contribution in [-0.4, -0.2) is 47.0 Å². The van der Waals surface area contributed by atoms with E-state index in [1.54, 1.807) is 4.57 Å². The standard InChI is InChI=1S/C30H38N4O2/c1-33(2)10-11-34-26-16-24(8-9-25(26)31-29(34)36)28(35)32-27(15-20-6-4-3-5-7-20)30-17-21-12-22(18-30)14-23(13-21)19-30/h3-9,16,21-23,27H,10-15,17-19H2,1-2H3,(H,31,36)(H,32,35). The molecule has 2 N–H and O–H groups in total. The molecule has 4 aliphatic rings. The molecule has 2 aromatic carbocycles. The highest BCUT2D eigenvalue weighted by Crippen LogP contribution is 2.61. The van der Waals surface area contributed by atoms with Gasteiger partial charge in [0.2, 0.25) is 0 Å². The Balaban J connectivity index is 1.30. The molecular weight excluding hydrogens is 448 g/mol. The summed E-state index contributed by atoms with van der Waals surface area (Å²) in [6, 6.07) is 16.4. The predicted octanol–water partition coefficient (Wildman–Crippen LogP) is 4.45. The Morgan fingerprint density at radius 2 is 1.72 bits per heavy atom. The van der Waals surface area contributed by atoms with Gasteiger partial charge >= 0.3 is 5.69 Å². The van der Waals surface area contributed by atoms with Gasteiger partial charge in [0, 0.05) is 24.7 Å². The maximum atomic E-state index is 13.7. The number of carbonyl (C=O) groups is 1. The minimum absolute atomic E-state index is 0.0265. The van der Waals surface area contributed by atoms with Crippen molar-refractivity contribution in [3.05, 3.63) is 70.1 Å². The summed E-state index contributed by atoms with van der Waals surface area (Å²) in [4.78, 5) is 31.3. The molecule has 6 heteroatoms. The molecule has 0 aliphatic heterocycles. The molecular formula is C30H38N4O2. The zero-order valence-corrected chi connectivity index (χ0v) is 21.5. The van der Waals surface area contributed by atoms with Gasteiger partial charge in [0.25, 0.3) is 5.91 Å². The van der Waals surface area contributed by atoms with E-state index in [-0.39, 0.29) is 23.1 Å². The number of benzene rings is 2. The van der Waals surface area contributed by atoms with Crippen LogP contribution in [0.2, 0.25) is 0 Å². The molecule has 1 aromatic heterocycles. The maximum absolute atomic E-state index is 13.7. The van der Waals surface area contributed by atoms with Crippen molar-refractivity contribution in [2.75, 3.05) is 20.6 Å². The number of aromatic amines is 1. The topological polar surface area (TPSA) is 70.1 Å². The third-order valence-electron chi connectivity index (χ3n) is 9.22. The maximum Gasteiger partial charge on any atom is 0.326 e. The number of rotatable bonds is 8. The van der Waals surface area contributed by atoms with Crippen molar-refractivity contribution < 1.29 is 4.79 Å². The number of nitrogens with one attached hydrogen (secondary N) is 2. The Hall–Kier alpha value is -2.86. The van der Waals surface area contributed by atoms with Gasteiger partial charge in [-0.25, -0.2) is 4.79 Å². The SMILES string of the molecule is CN(C)CCn1c(=O)[nH]c2ccc(C(=O)NC(Cc3ccccc3)C34CC5CC(CC(C5)C3)C4)cc21. The zero-order valence-electron chi connectivity index (χ0n) is 21.5. The summed E-state index contributed by atoms with van der Waals surface area (Å²) in [5.41, 5.74) is 3.56. The number of nitrogens with zero attached hydrogens (tertiary/aromatic N) is 2. The van der Waals surface area contributed by atoms with Crippen molar-refractivity contribution in [2.45, 2.75) is 57.5 Å². The van der Waals surface area contributed by atoms with E-state index in [1.165, 1.54) is 44.1 Å². The van der Waals surface area contributed by atoms with E-state index in [1.807, 2.05) is 32.3 Å². The van der Waals surface area contributed by atoms with E-state index in [0.29, 0.717) is 12.1 Å². The van der Waals surface area contributed by atoms with Gasteiger partial charge in [0.1, 0.15) is 0 Å². The van der Waals surface area contributed by atoms with Crippen LogP contribution in [0, 0.1) is 23.2 Å². The number of fused-ring (bicyclic) bond motifs is 1. The second-order valence-corrected chi connectivity index (χ2v) is 12.1. The van der Waals surface area contributed by atoms with Crippen LogP contribution in [0.4, 0.5) is 0 Å². The van der Waals surface area contributed by atoms with E-state index in [4.69, 9.17) is 0 Å². The number of likely N-dealkylation sites (N-methyl/N-ethyl adjacent to an activating group) is 1. The Labute approximate surface area is 213 Å². The molecule has 1 heterocycles. The average Bonchev–Trinajstić information content (AvgIpc) is 3.16. The Morgan fingerprint density at radius 3 is 2.36 bits per heavy atom. The lowest BCUT2D eigenvalue weighted by molar-refractivity contribution is -0.0720. The van der Waals surface area contributed by atoms with E-state index in [0.717, 1.165) is 41.8 Å². The highest BCUT2D eigenvalue weighted by molar-refractivity contribution is 5.97. The Kier molecular flexibility index (Phi) is 6.03. The molecule has 3 aromatic rings. The Morgan fingerprint density at radius 1 is 1.06 bits per heavy atom. The summed E-state index contributed by atoms with van der Waals surface area (Å²) in [6.07, 6.45) is 8.78. The van der Waals surface area contributed by atoms with Crippen LogP contribution in [-0.2, 0) is 13.0 Å². The number of amides is 1. The molecule has 4 saturated carbocycles. The van der Waals surface area contributed by atoms with Crippen molar-refractivity contribution in [3.63, 3.8) is 0 Å². The first-order chi connectivity index (χ1) is 17.4. The Bertz CT molecular complexity index is 1270. The summed E-state index contributed by atoms with van der Waals surface area (Å²) in [5.74, 6) is 2.46. The van der Waals surface area contributed by atoms with Crippen LogP contribution in [0.3, 0.4) is 0 Å².